The van der Waals surface area contributed by atoms with E-state index in [0.717, 1.165) is 35.2 Å². The predicted octanol–water partition coefficient (Wildman–Crippen LogP) is 15.9. The van der Waals surface area contributed by atoms with Gasteiger partial charge < -0.3 is 0 Å². The summed E-state index contributed by atoms with van der Waals surface area (Å²) < 4.78 is 0. The van der Waals surface area contributed by atoms with Crippen LogP contribution in [-0.2, 0) is 33.7 Å². The summed E-state index contributed by atoms with van der Waals surface area (Å²) in [7, 11) is 11.0. The standard InChI is InChI=1S/2C24H21.C2H6Si.2ClH.Zr/c2*1-2-9-19-14-15-21-16-22(18-10-5-3-6-11-18)17-23(21)24(19)20-12-7-4-8-13-20;1-3-2;;;/h2*3-8,10-17H,2,9H2,1H3;1-2H3;2*1H;/q2*-1;;;;+4/p-2. The molecular formula is C50H48Cl2SiZr. The number of halogens is 2. The molecule has 4 heteroatoms. The van der Waals surface area contributed by atoms with Gasteiger partial charge in [-0.3, -0.25) is 0 Å². The van der Waals surface area contributed by atoms with Crippen LogP contribution in [0.4, 0.5) is 0 Å². The Morgan fingerprint density at radius 3 is 1.06 bits per heavy atom. The fourth-order valence-corrected chi connectivity index (χ4v) is 7.10. The van der Waals surface area contributed by atoms with Gasteiger partial charge in [0.15, 0.2) is 0 Å². The Morgan fingerprint density at radius 2 is 0.759 bits per heavy atom. The fraction of sp³-hybridized carbons (Fsp3) is 0.160. The van der Waals surface area contributed by atoms with Gasteiger partial charge in [0.05, 0.1) is 0 Å². The first-order valence-electron chi connectivity index (χ1n) is 18.8. The number of aryl methyl sites for hydroxylation is 2. The first kappa shape index (κ1) is 41.4. The molecule has 270 valence electrons. The third kappa shape index (κ3) is 10.7. The van der Waals surface area contributed by atoms with E-state index in [1.807, 2.05) is 0 Å². The molecule has 0 bridgehead atoms. The van der Waals surface area contributed by atoms with Crippen molar-refractivity contribution in [1.82, 2.24) is 0 Å². The molecule has 0 amide bonds. The normalized spacial score (nSPS) is 10.3. The van der Waals surface area contributed by atoms with Gasteiger partial charge in [-0.1, -0.05) is 195 Å². The molecule has 0 aliphatic rings. The van der Waals surface area contributed by atoms with Gasteiger partial charge in [0.25, 0.3) is 0 Å². The molecule has 2 radical (unpaired) electrons. The Balaban J connectivity index is 0.000000182. The number of rotatable bonds is 8. The number of benzene rings is 6. The topological polar surface area (TPSA) is 0 Å². The van der Waals surface area contributed by atoms with Gasteiger partial charge in [0, 0.05) is 9.52 Å². The zero-order chi connectivity index (χ0) is 38.1. The van der Waals surface area contributed by atoms with Crippen LogP contribution in [0.2, 0.25) is 13.1 Å². The van der Waals surface area contributed by atoms with Gasteiger partial charge in [-0.2, -0.15) is 0 Å². The van der Waals surface area contributed by atoms with E-state index in [-0.39, 0.29) is 0 Å². The predicted molar refractivity (Wildman–Crippen MR) is 238 cm³/mol. The molecule has 8 rings (SSSR count). The minimum atomic E-state index is -0.826. The number of fused-ring (bicyclic) bond motifs is 2. The molecule has 8 aromatic rings. The Bertz CT molecular complexity index is 2110. The summed E-state index contributed by atoms with van der Waals surface area (Å²) in [6, 6.07) is 61.4. The summed E-state index contributed by atoms with van der Waals surface area (Å²) in [4.78, 5) is 0. The van der Waals surface area contributed by atoms with E-state index in [1.54, 1.807) is 0 Å². The molecule has 0 fully saturated rings. The number of hydrogen-bond donors (Lipinski definition) is 0. The summed E-state index contributed by atoms with van der Waals surface area (Å²) in [6.45, 7) is 8.80. The molecule has 0 nitrogen and oxygen atoms in total. The second-order valence-electron chi connectivity index (χ2n) is 13.2. The first-order chi connectivity index (χ1) is 26.6. The summed E-state index contributed by atoms with van der Waals surface area (Å²) in [5.41, 5.74) is 13.5. The van der Waals surface area contributed by atoms with E-state index >= 15 is 0 Å². The van der Waals surface area contributed by atoms with Crippen LogP contribution < -0.4 is 0 Å². The first-order valence-corrected chi connectivity index (χ1v) is 27.1. The average Bonchev–Trinajstić information content (AvgIpc) is 3.86. The molecule has 0 aromatic heterocycles. The van der Waals surface area contributed by atoms with Crippen molar-refractivity contribution in [2.24, 2.45) is 0 Å². The molecule has 8 aromatic carbocycles. The second kappa shape index (κ2) is 21.9. The second-order valence-corrected chi connectivity index (χ2v) is 18.0. The molecule has 0 atom stereocenters. The van der Waals surface area contributed by atoms with Crippen molar-refractivity contribution < 1.29 is 20.8 Å². The van der Waals surface area contributed by atoms with E-state index in [4.69, 9.17) is 17.0 Å². The minimum absolute atomic E-state index is 0.826. The van der Waals surface area contributed by atoms with Gasteiger partial charge in [-0.15, -0.1) is 69.1 Å². The molecule has 0 unspecified atom stereocenters. The van der Waals surface area contributed by atoms with E-state index in [1.165, 1.54) is 77.2 Å². The van der Waals surface area contributed by atoms with Gasteiger partial charge in [-0.05, 0) is 35.1 Å². The molecule has 0 spiro atoms. The van der Waals surface area contributed by atoms with Crippen molar-refractivity contribution in [2.45, 2.75) is 52.6 Å². The Kier molecular flexibility index (Phi) is 16.8. The van der Waals surface area contributed by atoms with Crippen LogP contribution >= 0.6 is 17.0 Å². The van der Waals surface area contributed by atoms with Crippen molar-refractivity contribution in [1.29, 1.82) is 0 Å². The Hall–Kier alpha value is -3.78. The molecule has 0 aliphatic heterocycles. The summed E-state index contributed by atoms with van der Waals surface area (Å²) in [6.07, 6.45) is 4.56. The van der Waals surface area contributed by atoms with Crippen molar-refractivity contribution in [2.75, 3.05) is 0 Å². The van der Waals surface area contributed by atoms with Gasteiger partial charge in [0.1, 0.15) is 0 Å². The van der Waals surface area contributed by atoms with Crippen molar-refractivity contribution in [3.8, 4) is 44.5 Å². The third-order valence-corrected chi connectivity index (χ3v) is 9.33. The Labute approximate surface area is 344 Å². The molecule has 0 aliphatic carbocycles. The summed E-state index contributed by atoms with van der Waals surface area (Å²) in [5, 5.41) is 5.39. The van der Waals surface area contributed by atoms with Crippen LogP contribution in [0.1, 0.15) is 37.8 Å². The zero-order valence-corrected chi connectivity index (χ0v) is 36.7. The van der Waals surface area contributed by atoms with Gasteiger partial charge in [-0.25, -0.2) is 0 Å². The molecule has 0 saturated carbocycles. The maximum absolute atomic E-state index is 4.93. The van der Waals surface area contributed by atoms with E-state index in [9.17, 15) is 0 Å². The SMILES string of the molecule is CCCc1ccc2[cH-]c(-c3ccccc3)cc2c1-c1ccccc1.CCCc1ccc2[cH-]c(-c3ccccc3)cc2c1-c1ccccc1.C[Si]C.[Cl][Zr+2][Cl]. The van der Waals surface area contributed by atoms with Gasteiger partial charge in [0.2, 0.25) is 0 Å². The van der Waals surface area contributed by atoms with E-state index < -0.39 is 20.8 Å². The third-order valence-electron chi connectivity index (χ3n) is 9.33. The fourth-order valence-electron chi connectivity index (χ4n) is 7.10. The van der Waals surface area contributed by atoms with E-state index in [0.29, 0.717) is 0 Å². The summed E-state index contributed by atoms with van der Waals surface area (Å²) >= 11 is -0.826. The van der Waals surface area contributed by atoms with Crippen LogP contribution in [0.15, 0.2) is 170 Å². The molecule has 54 heavy (non-hydrogen) atoms. The Morgan fingerprint density at radius 1 is 0.463 bits per heavy atom. The van der Waals surface area contributed by atoms with Crippen molar-refractivity contribution in [3.63, 3.8) is 0 Å². The van der Waals surface area contributed by atoms with Crippen molar-refractivity contribution in [3.05, 3.63) is 181 Å². The molecular weight excluding hydrogens is 791 g/mol. The summed E-state index contributed by atoms with van der Waals surface area (Å²) in [5.74, 6) is 0. The van der Waals surface area contributed by atoms with Crippen LogP contribution in [0.5, 0.6) is 0 Å². The molecule has 0 heterocycles. The molecule has 0 N–H and O–H groups in total. The quantitative estimate of drug-likeness (QED) is 0.106. The zero-order valence-electron chi connectivity index (χ0n) is 31.8. The van der Waals surface area contributed by atoms with Crippen LogP contribution in [0.25, 0.3) is 66.1 Å². The van der Waals surface area contributed by atoms with Crippen LogP contribution in [0, 0.1) is 0 Å². The van der Waals surface area contributed by atoms with E-state index in [2.05, 4.69) is 197 Å². The van der Waals surface area contributed by atoms with Crippen molar-refractivity contribution >= 4 is 48.1 Å². The van der Waals surface area contributed by atoms with Crippen LogP contribution in [-0.4, -0.2) is 9.52 Å². The van der Waals surface area contributed by atoms with Crippen LogP contribution in [0.3, 0.4) is 0 Å². The average molecular weight is 839 g/mol. The number of hydrogen-bond acceptors (Lipinski definition) is 0. The monoisotopic (exact) mass is 836 g/mol. The van der Waals surface area contributed by atoms with Gasteiger partial charge >= 0.3 is 37.9 Å². The maximum atomic E-state index is 4.93. The molecule has 0 saturated heterocycles.